The van der Waals surface area contributed by atoms with Gasteiger partial charge in [0.1, 0.15) is 5.52 Å². The van der Waals surface area contributed by atoms with E-state index in [0.717, 1.165) is 11.1 Å². The van der Waals surface area contributed by atoms with Crippen LogP contribution in [-0.4, -0.2) is 22.7 Å². The van der Waals surface area contributed by atoms with Crippen molar-refractivity contribution in [1.29, 1.82) is 0 Å². The number of amides is 2. The predicted molar refractivity (Wildman–Crippen MR) is 91.9 cm³/mol. The number of urea groups is 1. The van der Waals surface area contributed by atoms with Crippen molar-refractivity contribution < 1.29 is 14.3 Å². The van der Waals surface area contributed by atoms with Gasteiger partial charge in [0, 0.05) is 19.2 Å². The van der Waals surface area contributed by atoms with E-state index in [1.54, 1.807) is 25.1 Å². The Bertz CT molecular complexity index is 873. The SMILES string of the molecule is Cc1cccc(C(O)CNC(=O)Nc2ccc3oc(C)nc3c2)c1. The van der Waals surface area contributed by atoms with Gasteiger partial charge in [-0.15, -0.1) is 0 Å². The van der Waals surface area contributed by atoms with E-state index in [1.165, 1.54) is 0 Å². The van der Waals surface area contributed by atoms with Gasteiger partial charge < -0.3 is 20.2 Å². The smallest absolute Gasteiger partial charge is 0.319 e. The van der Waals surface area contributed by atoms with Gasteiger partial charge in [0.05, 0.1) is 6.10 Å². The highest BCUT2D eigenvalue weighted by Crippen LogP contribution is 2.19. The molecule has 3 N–H and O–H groups in total. The van der Waals surface area contributed by atoms with Crippen molar-refractivity contribution in [2.24, 2.45) is 0 Å². The van der Waals surface area contributed by atoms with Crippen LogP contribution >= 0.6 is 0 Å². The highest BCUT2D eigenvalue weighted by atomic mass is 16.3. The molecule has 3 rings (SSSR count). The zero-order valence-electron chi connectivity index (χ0n) is 13.5. The minimum Gasteiger partial charge on any atom is -0.441 e. The first-order valence-corrected chi connectivity index (χ1v) is 7.68. The predicted octanol–water partition coefficient (Wildman–Crippen LogP) is 3.30. The molecule has 1 atom stereocenters. The number of fused-ring (bicyclic) bond motifs is 1. The zero-order chi connectivity index (χ0) is 17.1. The molecule has 24 heavy (non-hydrogen) atoms. The van der Waals surface area contributed by atoms with Gasteiger partial charge in [-0.1, -0.05) is 29.8 Å². The maximum Gasteiger partial charge on any atom is 0.319 e. The topological polar surface area (TPSA) is 87.4 Å². The van der Waals surface area contributed by atoms with E-state index in [0.29, 0.717) is 22.7 Å². The van der Waals surface area contributed by atoms with Crippen molar-refractivity contribution >= 4 is 22.8 Å². The number of hydrogen-bond donors (Lipinski definition) is 3. The van der Waals surface area contributed by atoms with E-state index in [2.05, 4.69) is 15.6 Å². The van der Waals surface area contributed by atoms with Crippen LogP contribution in [0.5, 0.6) is 0 Å². The van der Waals surface area contributed by atoms with Gasteiger partial charge in [0.15, 0.2) is 11.5 Å². The Morgan fingerprint density at radius 3 is 2.88 bits per heavy atom. The Labute approximate surface area is 139 Å². The van der Waals surface area contributed by atoms with Crippen LogP contribution in [0.25, 0.3) is 11.1 Å². The van der Waals surface area contributed by atoms with E-state index in [-0.39, 0.29) is 12.6 Å². The fourth-order valence-corrected chi connectivity index (χ4v) is 2.48. The van der Waals surface area contributed by atoms with Crippen LogP contribution in [0.2, 0.25) is 0 Å². The molecule has 0 aliphatic heterocycles. The van der Waals surface area contributed by atoms with Crippen molar-refractivity contribution in [3.05, 3.63) is 59.5 Å². The lowest BCUT2D eigenvalue weighted by Gasteiger charge is -2.13. The van der Waals surface area contributed by atoms with Gasteiger partial charge in [-0.25, -0.2) is 9.78 Å². The minimum absolute atomic E-state index is 0.126. The number of aliphatic hydroxyl groups excluding tert-OH is 1. The van der Waals surface area contributed by atoms with Crippen LogP contribution in [-0.2, 0) is 0 Å². The molecule has 0 bridgehead atoms. The Kier molecular flexibility index (Phi) is 4.48. The monoisotopic (exact) mass is 325 g/mol. The summed E-state index contributed by atoms with van der Waals surface area (Å²) in [4.78, 5) is 16.2. The maximum atomic E-state index is 12.0. The molecule has 1 aromatic heterocycles. The Balaban J connectivity index is 1.58. The molecule has 2 aromatic carbocycles. The Morgan fingerprint density at radius 2 is 2.08 bits per heavy atom. The number of rotatable bonds is 4. The number of hydrogen-bond acceptors (Lipinski definition) is 4. The lowest BCUT2D eigenvalue weighted by atomic mass is 10.1. The molecule has 3 aromatic rings. The van der Waals surface area contributed by atoms with Crippen LogP contribution in [0.3, 0.4) is 0 Å². The highest BCUT2D eigenvalue weighted by Gasteiger charge is 2.10. The second kappa shape index (κ2) is 6.72. The fourth-order valence-electron chi connectivity index (χ4n) is 2.48. The fraction of sp³-hybridized carbons (Fsp3) is 0.222. The number of carbonyl (C=O) groups is 1. The molecule has 2 amide bonds. The quantitative estimate of drug-likeness (QED) is 0.687. The average molecular weight is 325 g/mol. The number of carbonyl (C=O) groups excluding carboxylic acids is 1. The molecular formula is C18H19N3O3. The van der Waals surface area contributed by atoms with E-state index < -0.39 is 6.10 Å². The third-order valence-electron chi connectivity index (χ3n) is 3.64. The Hall–Kier alpha value is -2.86. The molecule has 0 spiro atoms. The molecule has 0 saturated heterocycles. The summed E-state index contributed by atoms with van der Waals surface area (Å²) in [7, 11) is 0. The second-order valence-electron chi connectivity index (χ2n) is 5.68. The highest BCUT2D eigenvalue weighted by molar-refractivity contribution is 5.91. The number of nitrogens with zero attached hydrogens (tertiary/aromatic N) is 1. The standard InChI is InChI=1S/C18H19N3O3/c1-11-4-3-5-13(8-11)16(22)10-19-18(23)21-14-6-7-17-15(9-14)20-12(2)24-17/h3-9,16,22H,10H2,1-2H3,(H2,19,21,23). The van der Waals surface area contributed by atoms with Crippen LogP contribution in [0, 0.1) is 13.8 Å². The first kappa shape index (κ1) is 16.0. The van der Waals surface area contributed by atoms with E-state index in [9.17, 15) is 9.90 Å². The molecule has 6 heteroatoms. The number of aliphatic hydroxyl groups is 1. The molecule has 0 saturated carbocycles. The average Bonchev–Trinajstić information content (AvgIpc) is 2.92. The summed E-state index contributed by atoms with van der Waals surface area (Å²) >= 11 is 0. The van der Waals surface area contributed by atoms with Crippen molar-refractivity contribution in [1.82, 2.24) is 10.3 Å². The van der Waals surface area contributed by atoms with Crippen LogP contribution in [0.1, 0.15) is 23.1 Å². The maximum absolute atomic E-state index is 12.0. The summed E-state index contributed by atoms with van der Waals surface area (Å²) in [5.74, 6) is 0.577. The molecule has 0 fully saturated rings. The van der Waals surface area contributed by atoms with Gasteiger partial charge in [0.2, 0.25) is 0 Å². The van der Waals surface area contributed by atoms with Gasteiger partial charge in [-0.05, 0) is 30.7 Å². The van der Waals surface area contributed by atoms with Crippen molar-refractivity contribution in [3.8, 4) is 0 Å². The number of benzene rings is 2. The molecule has 6 nitrogen and oxygen atoms in total. The van der Waals surface area contributed by atoms with Gasteiger partial charge >= 0.3 is 6.03 Å². The molecular weight excluding hydrogens is 306 g/mol. The summed E-state index contributed by atoms with van der Waals surface area (Å²) in [6.45, 7) is 3.85. The van der Waals surface area contributed by atoms with Crippen LogP contribution < -0.4 is 10.6 Å². The molecule has 0 aliphatic carbocycles. The van der Waals surface area contributed by atoms with Gasteiger partial charge in [-0.2, -0.15) is 0 Å². The zero-order valence-corrected chi connectivity index (χ0v) is 13.5. The van der Waals surface area contributed by atoms with E-state index >= 15 is 0 Å². The lowest BCUT2D eigenvalue weighted by molar-refractivity contribution is 0.175. The van der Waals surface area contributed by atoms with E-state index in [4.69, 9.17) is 4.42 Å². The lowest BCUT2D eigenvalue weighted by Crippen LogP contribution is -2.32. The summed E-state index contributed by atoms with van der Waals surface area (Å²) in [5.41, 5.74) is 3.80. The van der Waals surface area contributed by atoms with E-state index in [1.807, 2.05) is 31.2 Å². The Morgan fingerprint density at radius 1 is 1.25 bits per heavy atom. The van der Waals surface area contributed by atoms with Crippen LogP contribution in [0.15, 0.2) is 46.9 Å². The summed E-state index contributed by atoms with van der Waals surface area (Å²) in [5, 5.41) is 15.5. The number of aromatic nitrogens is 1. The second-order valence-corrected chi connectivity index (χ2v) is 5.68. The van der Waals surface area contributed by atoms with Crippen LogP contribution in [0.4, 0.5) is 10.5 Å². The van der Waals surface area contributed by atoms with Gasteiger partial charge in [0.25, 0.3) is 0 Å². The third-order valence-corrected chi connectivity index (χ3v) is 3.64. The third kappa shape index (κ3) is 3.72. The first-order chi connectivity index (χ1) is 11.5. The largest absolute Gasteiger partial charge is 0.441 e. The number of oxazole rings is 1. The number of nitrogens with one attached hydrogen (secondary N) is 2. The van der Waals surface area contributed by atoms with Crippen molar-refractivity contribution in [3.63, 3.8) is 0 Å². The normalized spacial score (nSPS) is 12.1. The molecule has 1 unspecified atom stereocenters. The molecule has 124 valence electrons. The van der Waals surface area contributed by atoms with Crippen molar-refractivity contribution in [2.75, 3.05) is 11.9 Å². The number of aryl methyl sites for hydroxylation is 2. The molecule has 0 aliphatic rings. The van der Waals surface area contributed by atoms with Gasteiger partial charge in [-0.3, -0.25) is 0 Å². The summed E-state index contributed by atoms with van der Waals surface area (Å²) in [6.07, 6.45) is -0.753. The van der Waals surface area contributed by atoms with Crippen molar-refractivity contribution in [2.45, 2.75) is 20.0 Å². The minimum atomic E-state index is -0.753. The number of anilines is 1. The molecule has 0 radical (unpaired) electrons. The summed E-state index contributed by atoms with van der Waals surface area (Å²) < 4.78 is 5.39. The molecule has 1 heterocycles. The first-order valence-electron chi connectivity index (χ1n) is 7.68. The summed E-state index contributed by atoms with van der Waals surface area (Å²) in [6, 6.07) is 12.4.